The van der Waals surface area contributed by atoms with E-state index in [0.29, 0.717) is 35.9 Å². The zero-order valence-electron chi connectivity index (χ0n) is 18.1. The van der Waals surface area contributed by atoms with E-state index in [2.05, 4.69) is 22.1 Å². The molecule has 0 radical (unpaired) electrons. The predicted molar refractivity (Wildman–Crippen MR) is 120 cm³/mol. The zero-order valence-corrected chi connectivity index (χ0v) is 18.1. The minimum Gasteiger partial charge on any atom is -0.444 e. The van der Waals surface area contributed by atoms with Gasteiger partial charge in [-0.25, -0.2) is 9.78 Å². The number of nitrogens with two attached hydrogens (primary N) is 1. The molecule has 1 fully saturated rings. The van der Waals surface area contributed by atoms with Gasteiger partial charge in [-0.2, -0.15) is 0 Å². The number of para-hydroxylation sites is 1. The summed E-state index contributed by atoms with van der Waals surface area (Å²) in [5.74, 6) is 0.622. The largest absolute Gasteiger partial charge is 0.444 e. The fourth-order valence-electron chi connectivity index (χ4n) is 4.00. The summed E-state index contributed by atoms with van der Waals surface area (Å²) in [6.07, 6.45) is 1.58. The highest BCUT2D eigenvalue weighted by atomic mass is 16.6. The molecular weight excluding hydrogens is 392 g/mol. The molecule has 7 nitrogen and oxygen atoms in total. The van der Waals surface area contributed by atoms with E-state index in [1.165, 1.54) is 5.56 Å². The minimum absolute atomic E-state index is 0.235. The number of amides is 2. The molecule has 0 spiro atoms. The number of hydrogen-bond acceptors (Lipinski definition) is 4. The summed E-state index contributed by atoms with van der Waals surface area (Å²) in [5.41, 5.74) is 8.97. The topological polar surface area (TPSA) is 101 Å². The summed E-state index contributed by atoms with van der Waals surface area (Å²) in [5, 5.41) is 0. The van der Waals surface area contributed by atoms with Gasteiger partial charge in [0.05, 0.1) is 11.1 Å². The molecule has 4 rings (SSSR count). The van der Waals surface area contributed by atoms with Gasteiger partial charge in [0, 0.05) is 18.7 Å². The van der Waals surface area contributed by atoms with E-state index in [9.17, 15) is 9.59 Å². The van der Waals surface area contributed by atoms with Crippen molar-refractivity contribution < 1.29 is 14.3 Å². The van der Waals surface area contributed by atoms with E-state index >= 15 is 0 Å². The fraction of sp³-hybridized carbons (Fsp3) is 0.375. The van der Waals surface area contributed by atoms with Crippen LogP contribution in [0, 0.1) is 0 Å². The van der Waals surface area contributed by atoms with Crippen molar-refractivity contribution in [1.29, 1.82) is 0 Å². The third-order valence-corrected chi connectivity index (χ3v) is 5.58. The molecule has 3 aromatic rings. The molecule has 3 N–H and O–H groups in total. The van der Waals surface area contributed by atoms with Crippen molar-refractivity contribution in [2.24, 2.45) is 5.73 Å². The summed E-state index contributed by atoms with van der Waals surface area (Å²) in [6, 6.07) is 13.7. The highest BCUT2D eigenvalue weighted by Gasteiger charge is 2.27. The van der Waals surface area contributed by atoms with Gasteiger partial charge in [0.2, 0.25) is 0 Å². The summed E-state index contributed by atoms with van der Waals surface area (Å²) in [7, 11) is 0. The summed E-state index contributed by atoms with van der Waals surface area (Å²) in [6.45, 7) is 7.04. The lowest BCUT2D eigenvalue weighted by atomic mass is 9.89. The van der Waals surface area contributed by atoms with Crippen molar-refractivity contribution in [2.45, 2.75) is 45.1 Å². The molecule has 162 valence electrons. The average Bonchev–Trinajstić information content (AvgIpc) is 3.17. The second kappa shape index (κ2) is 8.06. The maximum Gasteiger partial charge on any atom is 0.410 e. The Labute approximate surface area is 181 Å². The summed E-state index contributed by atoms with van der Waals surface area (Å²) < 4.78 is 5.48. The Morgan fingerprint density at radius 2 is 1.77 bits per heavy atom. The number of rotatable bonds is 3. The van der Waals surface area contributed by atoms with Crippen LogP contribution in [0.4, 0.5) is 4.79 Å². The molecule has 0 aliphatic carbocycles. The Kier molecular flexibility index (Phi) is 5.43. The number of carbonyl (C=O) groups is 2. The van der Waals surface area contributed by atoms with Crippen molar-refractivity contribution in [3.8, 4) is 11.4 Å². The highest BCUT2D eigenvalue weighted by molar-refractivity contribution is 6.04. The van der Waals surface area contributed by atoms with Gasteiger partial charge >= 0.3 is 6.09 Å². The van der Waals surface area contributed by atoms with Crippen LogP contribution in [0.1, 0.15) is 55.5 Å². The Bertz CT molecular complexity index is 1100. The van der Waals surface area contributed by atoms with Crippen LogP contribution in [-0.2, 0) is 4.74 Å². The first-order valence-corrected chi connectivity index (χ1v) is 10.6. The SMILES string of the molecule is CC(C)(C)OC(=O)N1CCC(c2ccc(-c3nc4c(C(N)=O)cccc4[nH]3)cc2)CC1. The number of ether oxygens (including phenoxy) is 1. The monoisotopic (exact) mass is 420 g/mol. The van der Waals surface area contributed by atoms with Gasteiger partial charge in [-0.05, 0) is 57.2 Å². The number of hydrogen-bond donors (Lipinski definition) is 2. The number of benzene rings is 2. The van der Waals surface area contributed by atoms with Gasteiger partial charge < -0.3 is 20.4 Å². The van der Waals surface area contributed by atoms with Crippen molar-refractivity contribution in [1.82, 2.24) is 14.9 Å². The maximum absolute atomic E-state index is 12.3. The second-order valence-corrected chi connectivity index (χ2v) is 9.02. The molecule has 7 heteroatoms. The third kappa shape index (κ3) is 4.55. The Morgan fingerprint density at radius 3 is 2.39 bits per heavy atom. The van der Waals surface area contributed by atoms with Crippen LogP contribution < -0.4 is 5.73 Å². The van der Waals surface area contributed by atoms with Crippen LogP contribution in [0.25, 0.3) is 22.4 Å². The Balaban J connectivity index is 1.45. The molecule has 1 aromatic heterocycles. The number of aromatic amines is 1. The van der Waals surface area contributed by atoms with Crippen LogP contribution in [0.3, 0.4) is 0 Å². The van der Waals surface area contributed by atoms with Gasteiger partial charge in [0.15, 0.2) is 0 Å². The molecule has 31 heavy (non-hydrogen) atoms. The first-order valence-electron chi connectivity index (χ1n) is 10.6. The van der Waals surface area contributed by atoms with Gasteiger partial charge in [-0.1, -0.05) is 30.3 Å². The normalized spacial score (nSPS) is 15.3. The van der Waals surface area contributed by atoms with E-state index in [0.717, 1.165) is 23.9 Å². The fourth-order valence-corrected chi connectivity index (χ4v) is 4.00. The molecule has 2 aromatic carbocycles. The molecule has 0 unspecified atom stereocenters. The zero-order chi connectivity index (χ0) is 22.2. The van der Waals surface area contributed by atoms with E-state index < -0.39 is 11.5 Å². The Morgan fingerprint density at radius 1 is 1.10 bits per heavy atom. The molecule has 1 aliphatic rings. The number of piperidine rings is 1. The number of nitrogens with one attached hydrogen (secondary N) is 1. The number of imidazole rings is 1. The molecule has 1 saturated heterocycles. The lowest BCUT2D eigenvalue weighted by Gasteiger charge is -2.33. The van der Waals surface area contributed by atoms with E-state index in [4.69, 9.17) is 10.5 Å². The van der Waals surface area contributed by atoms with E-state index in [1.807, 2.05) is 39.0 Å². The lowest BCUT2D eigenvalue weighted by Crippen LogP contribution is -2.41. The van der Waals surface area contributed by atoms with Gasteiger partial charge in [0.1, 0.15) is 16.9 Å². The van der Waals surface area contributed by atoms with Crippen LogP contribution in [0.2, 0.25) is 0 Å². The quantitative estimate of drug-likeness (QED) is 0.654. The maximum atomic E-state index is 12.3. The van der Waals surface area contributed by atoms with Crippen LogP contribution in [-0.4, -0.2) is 45.6 Å². The van der Waals surface area contributed by atoms with Crippen molar-refractivity contribution in [2.75, 3.05) is 13.1 Å². The molecule has 0 saturated carbocycles. The first kappa shape index (κ1) is 20.9. The molecule has 0 bridgehead atoms. The number of primary amides is 1. The number of H-pyrrole nitrogens is 1. The lowest BCUT2D eigenvalue weighted by molar-refractivity contribution is 0.0204. The highest BCUT2D eigenvalue weighted by Crippen LogP contribution is 2.30. The molecule has 2 heterocycles. The van der Waals surface area contributed by atoms with Gasteiger partial charge in [0.25, 0.3) is 5.91 Å². The summed E-state index contributed by atoms with van der Waals surface area (Å²) >= 11 is 0. The number of nitrogens with zero attached hydrogens (tertiary/aromatic N) is 2. The van der Waals surface area contributed by atoms with E-state index in [1.54, 1.807) is 17.0 Å². The Hall–Kier alpha value is -3.35. The van der Waals surface area contributed by atoms with Crippen LogP contribution in [0.15, 0.2) is 42.5 Å². The molecular formula is C24H28N4O3. The van der Waals surface area contributed by atoms with Crippen molar-refractivity contribution >= 4 is 23.0 Å². The van der Waals surface area contributed by atoms with Gasteiger partial charge in [-0.3, -0.25) is 4.79 Å². The number of carbonyl (C=O) groups excluding carboxylic acids is 2. The first-order chi connectivity index (χ1) is 14.7. The number of fused-ring (bicyclic) bond motifs is 1. The van der Waals surface area contributed by atoms with Crippen LogP contribution in [0.5, 0.6) is 0 Å². The number of aromatic nitrogens is 2. The van der Waals surface area contributed by atoms with Crippen molar-refractivity contribution in [3.63, 3.8) is 0 Å². The molecule has 1 aliphatic heterocycles. The van der Waals surface area contributed by atoms with E-state index in [-0.39, 0.29) is 6.09 Å². The van der Waals surface area contributed by atoms with Crippen molar-refractivity contribution in [3.05, 3.63) is 53.6 Å². The molecule has 2 amide bonds. The smallest absolute Gasteiger partial charge is 0.410 e. The minimum atomic E-state index is -0.489. The standard InChI is InChI=1S/C24H28N4O3/c1-24(2,3)31-23(30)28-13-11-16(12-14-28)15-7-9-17(10-8-15)22-26-19-6-4-5-18(21(25)29)20(19)27-22/h4-10,16H,11-14H2,1-3H3,(H2,25,29)(H,26,27). The third-order valence-electron chi connectivity index (χ3n) is 5.58. The predicted octanol–water partition coefficient (Wildman–Crippen LogP) is 4.44. The summed E-state index contributed by atoms with van der Waals surface area (Å²) in [4.78, 5) is 33.6. The molecule has 0 atom stereocenters. The number of likely N-dealkylation sites (tertiary alicyclic amines) is 1. The second-order valence-electron chi connectivity index (χ2n) is 9.02. The van der Waals surface area contributed by atoms with Gasteiger partial charge in [-0.15, -0.1) is 0 Å². The van der Waals surface area contributed by atoms with Crippen LogP contribution >= 0.6 is 0 Å². The average molecular weight is 421 g/mol.